The molecule has 25 heavy (non-hydrogen) atoms. The number of aromatic nitrogens is 5. The number of benzene rings is 2. The highest BCUT2D eigenvalue weighted by atomic mass is 35.5. The third-order valence-electron chi connectivity index (χ3n) is 3.63. The van der Waals surface area contributed by atoms with Crippen molar-refractivity contribution in [3.8, 4) is 11.3 Å². The lowest BCUT2D eigenvalue weighted by Crippen LogP contribution is -2.19. The van der Waals surface area contributed by atoms with Gasteiger partial charge in [0.25, 0.3) is 0 Å². The second-order valence-corrected chi connectivity index (χ2v) is 5.90. The molecule has 2 N–H and O–H groups in total. The third kappa shape index (κ3) is 3.36. The lowest BCUT2D eigenvalue weighted by atomic mass is 10.2. The van der Waals surface area contributed by atoms with Gasteiger partial charge in [0.05, 0.1) is 17.2 Å². The van der Waals surface area contributed by atoms with Crippen molar-refractivity contribution in [1.29, 1.82) is 0 Å². The summed E-state index contributed by atoms with van der Waals surface area (Å²) in [5.74, 6) is 0.163. The standard InChI is InChI=1S/C17H13ClN6O/c18-12-7-5-11(6-8-12)15-9-24(23-22-15)10-16(25)21-17-19-13-3-1-2-4-14(13)20-17/h1-9H,10H2,(H2,19,20,21,25). The Balaban J connectivity index is 1.45. The summed E-state index contributed by atoms with van der Waals surface area (Å²) in [5.41, 5.74) is 3.22. The molecule has 0 unspecified atom stereocenters. The van der Waals surface area contributed by atoms with Gasteiger partial charge in [-0.25, -0.2) is 9.67 Å². The lowest BCUT2D eigenvalue weighted by molar-refractivity contribution is -0.117. The fraction of sp³-hybridized carbons (Fsp3) is 0.0588. The molecule has 0 saturated carbocycles. The number of carbonyl (C=O) groups is 1. The van der Waals surface area contributed by atoms with Gasteiger partial charge >= 0.3 is 0 Å². The Labute approximate surface area is 147 Å². The van der Waals surface area contributed by atoms with Gasteiger partial charge in [0, 0.05) is 10.6 Å². The minimum absolute atomic E-state index is 0.0393. The van der Waals surface area contributed by atoms with Crippen molar-refractivity contribution >= 4 is 34.5 Å². The Hall–Kier alpha value is -3.19. The van der Waals surface area contributed by atoms with Crippen LogP contribution in [0, 0.1) is 0 Å². The van der Waals surface area contributed by atoms with Crippen LogP contribution in [0.15, 0.2) is 54.7 Å². The predicted octanol–water partition coefficient (Wildman–Crippen LogP) is 3.11. The molecule has 2 aromatic heterocycles. The second kappa shape index (κ2) is 6.37. The quantitative estimate of drug-likeness (QED) is 0.590. The Morgan fingerprint density at radius 3 is 2.76 bits per heavy atom. The largest absolute Gasteiger partial charge is 0.324 e. The molecule has 7 nitrogen and oxygen atoms in total. The smallest absolute Gasteiger partial charge is 0.248 e. The number of nitrogens with one attached hydrogen (secondary N) is 2. The van der Waals surface area contributed by atoms with Gasteiger partial charge in [-0.15, -0.1) is 5.10 Å². The molecular weight excluding hydrogens is 340 g/mol. The highest BCUT2D eigenvalue weighted by Gasteiger charge is 2.10. The summed E-state index contributed by atoms with van der Waals surface area (Å²) < 4.78 is 1.47. The molecule has 0 aliphatic heterocycles. The van der Waals surface area contributed by atoms with Crippen LogP contribution in [0.4, 0.5) is 5.95 Å². The van der Waals surface area contributed by atoms with Crippen LogP contribution in [0.2, 0.25) is 5.02 Å². The molecule has 8 heteroatoms. The molecule has 0 aliphatic rings. The lowest BCUT2D eigenvalue weighted by Gasteiger charge is -2.01. The first kappa shape index (κ1) is 15.3. The number of fused-ring (bicyclic) bond motifs is 1. The first-order chi connectivity index (χ1) is 12.2. The molecule has 4 rings (SSSR count). The Kier molecular flexibility index (Phi) is 3.91. The van der Waals surface area contributed by atoms with E-state index in [2.05, 4.69) is 25.6 Å². The number of carbonyl (C=O) groups excluding carboxylic acids is 1. The van der Waals surface area contributed by atoms with E-state index in [-0.39, 0.29) is 12.5 Å². The predicted molar refractivity (Wildman–Crippen MR) is 95.2 cm³/mol. The molecule has 0 fully saturated rings. The zero-order chi connectivity index (χ0) is 17.2. The number of nitrogens with zero attached hydrogens (tertiary/aromatic N) is 4. The average Bonchev–Trinajstić information content (AvgIpc) is 3.21. The van der Waals surface area contributed by atoms with Gasteiger partial charge < -0.3 is 4.98 Å². The number of hydrogen-bond donors (Lipinski definition) is 2. The number of hydrogen-bond acceptors (Lipinski definition) is 4. The molecule has 0 atom stereocenters. The van der Waals surface area contributed by atoms with Gasteiger partial charge in [-0.05, 0) is 24.3 Å². The molecule has 0 radical (unpaired) electrons. The third-order valence-corrected chi connectivity index (χ3v) is 3.88. The molecule has 2 aromatic carbocycles. The number of imidazole rings is 1. The van der Waals surface area contributed by atoms with Gasteiger partial charge in [-0.3, -0.25) is 10.1 Å². The number of anilines is 1. The van der Waals surface area contributed by atoms with Crippen LogP contribution in [0.3, 0.4) is 0 Å². The molecule has 0 spiro atoms. The maximum absolute atomic E-state index is 12.2. The van der Waals surface area contributed by atoms with Crippen LogP contribution >= 0.6 is 11.6 Å². The van der Waals surface area contributed by atoms with Crippen molar-refractivity contribution < 1.29 is 4.79 Å². The maximum Gasteiger partial charge on any atom is 0.248 e. The minimum atomic E-state index is -0.244. The number of halogens is 1. The fourth-order valence-corrected chi connectivity index (χ4v) is 2.59. The molecular formula is C17H13ClN6O. The SMILES string of the molecule is O=C(Cn1cc(-c2ccc(Cl)cc2)nn1)Nc1nc2ccccc2[nH]1. The van der Waals surface area contributed by atoms with E-state index in [9.17, 15) is 4.79 Å². The highest BCUT2D eigenvalue weighted by Crippen LogP contribution is 2.19. The van der Waals surface area contributed by atoms with Crippen LogP contribution in [-0.2, 0) is 11.3 Å². The van der Waals surface area contributed by atoms with Crippen molar-refractivity contribution in [2.45, 2.75) is 6.54 Å². The van der Waals surface area contributed by atoms with E-state index in [0.29, 0.717) is 16.7 Å². The topological polar surface area (TPSA) is 88.5 Å². The van der Waals surface area contributed by atoms with Crippen molar-refractivity contribution in [1.82, 2.24) is 25.0 Å². The van der Waals surface area contributed by atoms with Crippen LogP contribution in [0.5, 0.6) is 0 Å². The summed E-state index contributed by atoms with van der Waals surface area (Å²) in [7, 11) is 0. The zero-order valence-electron chi connectivity index (χ0n) is 13.0. The molecule has 2 heterocycles. The van der Waals surface area contributed by atoms with E-state index in [4.69, 9.17) is 11.6 Å². The Morgan fingerprint density at radius 2 is 1.96 bits per heavy atom. The molecule has 0 aliphatic carbocycles. The number of amides is 1. The van der Waals surface area contributed by atoms with Crippen LogP contribution < -0.4 is 5.32 Å². The summed E-state index contributed by atoms with van der Waals surface area (Å²) in [6, 6.07) is 14.8. The van der Waals surface area contributed by atoms with Crippen LogP contribution in [0.25, 0.3) is 22.3 Å². The minimum Gasteiger partial charge on any atom is -0.324 e. The monoisotopic (exact) mass is 352 g/mol. The fourth-order valence-electron chi connectivity index (χ4n) is 2.46. The molecule has 4 aromatic rings. The van der Waals surface area contributed by atoms with Crippen molar-refractivity contribution in [3.63, 3.8) is 0 Å². The number of aromatic amines is 1. The van der Waals surface area contributed by atoms with E-state index < -0.39 is 0 Å². The van der Waals surface area contributed by atoms with Crippen molar-refractivity contribution in [2.24, 2.45) is 0 Å². The Bertz CT molecular complexity index is 1000. The van der Waals surface area contributed by atoms with Gasteiger partial charge in [0.1, 0.15) is 12.2 Å². The zero-order valence-corrected chi connectivity index (χ0v) is 13.7. The molecule has 1 amide bonds. The summed E-state index contributed by atoms with van der Waals surface area (Å²) >= 11 is 5.88. The highest BCUT2D eigenvalue weighted by molar-refractivity contribution is 6.30. The number of H-pyrrole nitrogens is 1. The van der Waals surface area contributed by atoms with Gasteiger partial charge in [0.15, 0.2) is 0 Å². The number of para-hydroxylation sites is 2. The second-order valence-electron chi connectivity index (χ2n) is 5.46. The van der Waals surface area contributed by atoms with E-state index in [1.54, 1.807) is 18.3 Å². The molecule has 124 valence electrons. The average molecular weight is 353 g/mol. The van der Waals surface area contributed by atoms with Crippen LogP contribution in [0.1, 0.15) is 0 Å². The number of rotatable bonds is 4. The first-order valence-corrected chi connectivity index (χ1v) is 7.96. The van der Waals surface area contributed by atoms with E-state index >= 15 is 0 Å². The maximum atomic E-state index is 12.2. The van der Waals surface area contributed by atoms with Gasteiger partial charge in [-0.1, -0.05) is 41.1 Å². The summed E-state index contributed by atoms with van der Waals surface area (Å²) in [4.78, 5) is 19.5. The van der Waals surface area contributed by atoms with Crippen molar-refractivity contribution in [3.05, 3.63) is 59.8 Å². The summed E-state index contributed by atoms with van der Waals surface area (Å²) in [5, 5.41) is 11.4. The van der Waals surface area contributed by atoms with E-state index in [1.165, 1.54) is 4.68 Å². The summed E-state index contributed by atoms with van der Waals surface area (Å²) in [6.07, 6.45) is 1.71. The van der Waals surface area contributed by atoms with Crippen molar-refractivity contribution in [2.75, 3.05) is 5.32 Å². The van der Waals surface area contributed by atoms with E-state index in [1.807, 2.05) is 36.4 Å². The van der Waals surface area contributed by atoms with Gasteiger partial charge in [-0.2, -0.15) is 0 Å². The van der Waals surface area contributed by atoms with E-state index in [0.717, 1.165) is 16.6 Å². The Morgan fingerprint density at radius 1 is 1.16 bits per heavy atom. The normalized spacial score (nSPS) is 10.9. The molecule has 0 saturated heterocycles. The molecule has 0 bridgehead atoms. The van der Waals surface area contributed by atoms with Crippen LogP contribution in [-0.4, -0.2) is 30.9 Å². The van der Waals surface area contributed by atoms with Gasteiger partial charge in [0.2, 0.25) is 11.9 Å². The summed E-state index contributed by atoms with van der Waals surface area (Å²) in [6.45, 7) is 0.0393. The first-order valence-electron chi connectivity index (χ1n) is 7.58.